The Morgan fingerprint density at radius 2 is 1.86 bits per heavy atom. The predicted molar refractivity (Wildman–Crippen MR) is 83.3 cm³/mol. The van der Waals surface area contributed by atoms with E-state index in [1.807, 2.05) is 31.2 Å². The fraction of sp³-hybridized carbons (Fsp3) is 0.529. The van der Waals surface area contributed by atoms with Gasteiger partial charge >= 0.3 is 0 Å². The summed E-state index contributed by atoms with van der Waals surface area (Å²) in [5, 5.41) is 5.88. The normalized spacial score (nSPS) is 22.1. The molecule has 1 aliphatic heterocycles. The minimum atomic E-state index is -0.306. The van der Waals surface area contributed by atoms with Crippen LogP contribution in [-0.2, 0) is 14.3 Å². The largest absolute Gasteiger partial charge is 0.368 e. The highest BCUT2D eigenvalue weighted by Gasteiger charge is 2.29. The van der Waals surface area contributed by atoms with Gasteiger partial charge in [-0.15, -0.1) is 0 Å². The second-order valence-corrected chi connectivity index (χ2v) is 6.12. The Morgan fingerprint density at radius 1 is 1.14 bits per heavy atom. The van der Waals surface area contributed by atoms with Crippen molar-refractivity contribution >= 4 is 17.5 Å². The smallest absolute Gasteiger partial charge is 0.249 e. The van der Waals surface area contributed by atoms with Crippen molar-refractivity contribution in [2.45, 2.75) is 44.8 Å². The van der Waals surface area contributed by atoms with Gasteiger partial charge in [0, 0.05) is 18.2 Å². The first-order chi connectivity index (χ1) is 10.6. The third-order valence-corrected chi connectivity index (χ3v) is 4.21. The fourth-order valence-electron chi connectivity index (χ4n) is 2.62. The van der Waals surface area contributed by atoms with Crippen LogP contribution in [0.5, 0.6) is 0 Å². The minimum absolute atomic E-state index is 0.0453. The number of carbonyl (C=O) groups is 2. The zero-order chi connectivity index (χ0) is 15.5. The number of benzene rings is 1. The molecule has 5 nitrogen and oxygen atoms in total. The van der Waals surface area contributed by atoms with Crippen LogP contribution in [0.25, 0.3) is 0 Å². The average Bonchev–Trinajstić information content (AvgIpc) is 3.22. The zero-order valence-corrected chi connectivity index (χ0v) is 12.8. The monoisotopic (exact) mass is 302 g/mol. The molecule has 2 N–H and O–H groups in total. The molecule has 2 aliphatic rings. The van der Waals surface area contributed by atoms with Gasteiger partial charge in [-0.25, -0.2) is 0 Å². The number of hydrogen-bond acceptors (Lipinski definition) is 3. The van der Waals surface area contributed by atoms with Crippen molar-refractivity contribution in [1.29, 1.82) is 0 Å². The molecule has 0 unspecified atom stereocenters. The Kier molecular flexibility index (Phi) is 4.43. The van der Waals surface area contributed by atoms with Crippen LogP contribution < -0.4 is 10.6 Å². The summed E-state index contributed by atoms with van der Waals surface area (Å²) in [4.78, 5) is 23.7. The molecular weight excluding hydrogens is 280 g/mol. The highest BCUT2D eigenvalue weighted by Crippen LogP contribution is 2.30. The molecule has 22 heavy (non-hydrogen) atoms. The summed E-state index contributed by atoms with van der Waals surface area (Å²) in [6, 6.07) is 7.55. The summed E-state index contributed by atoms with van der Waals surface area (Å²) in [5.41, 5.74) is 1.81. The molecule has 1 aromatic rings. The molecule has 0 spiro atoms. The Balaban J connectivity index is 1.54. The molecular formula is C17H22N2O3. The summed E-state index contributed by atoms with van der Waals surface area (Å²) in [6.45, 7) is 2.62. The second kappa shape index (κ2) is 6.48. The first-order valence-corrected chi connectivity index (χ1v) is 7.96. The summed E-state index contributed by atoms with van der Waals surface area (Å²) >= 11 is 0. The Morgan fingerprint density at radius 3 is 2.45 bits per heavy atom. The molecule has 1 saturated carbocycles. The SMILES string of the molecule is C[C@@H](NC(=O)[C@H]1CCCO1)c1ccc(NC(=O)C2CC2)cc1. The predicted octanol–water partition coefficient (Wildman–Crippen LogP) is 2.39. The lowest BCUT2D eigenvalue weighted by Crippen LogP contribution is -2.35. The molecule has 1 aliphatic carbocycles. The van der Waals surface area contributed by atoms with E-state index in [1.54, 1.807) is 0 Å². The summed E-state index contributed by atoms with van der Waals surface area (Å²) in [7, 11) is 0. The summed E-state index contributed by atoms with van der Waals surface area (Å²) < 4.78 is 5.38. The molecule has 118 valence electrons. The van der Waals surface area contributed by atoms with Gasteiger partial charge in [-0.2, -0.15) is 0 Å². The third-order valence-electron chi connectivity index (χ3n) is 4.21. The number of ether oxygens (including phenoxy) is 1. The van der Waals surface area contributed by atoms with Crippen LogP contribution in [0, 0.1) is 5.92 Å². The first-order valence-electron chi connectivity index (χ1n) is 7.96. The van der Waals surface area contributed by atoms with E-state index >= 15 is 0 Å². The van der Waals surface area contributed by atoms with Crippen molar-refractivity contribution in [2.75, 3.05) is 11.9 Å². The lowest BCUT2D eigenvalue weighted by atomic mass is 10.1. The molecule has 0 aromatic heterocycles. The van der Waals surface area contributed by atoms with Crippen molar-refractivity contribution in [2.24, 2.45) is 5.92 Å². The zero-order valence-electron chi connectivity index (χ0n) is 12.8. The van der Waals surface area contributed by atoms with Gasteiger partial charge in [0.25, 0.3) is 0 Å². The number of amides is 2. The van der Waals surface area contributed by atoms with E-state index in [0.717, 1.165) is 36.9 Å². The van der Waals surface area contributed by atoms with Gasteiger partial charge in [0.2, 0.25) is 11.8 Å². The number of nitrogens with one attached hydrogen (secondary N) is 2. The topological polar surface area (TPSA) is 67.4 Å². The highest BCUT2D eigenvalue weighted by atomic mass is 16.5. The average molecular weight is 302 g/mol. The number of carbonyl (C=O) groups excluding carboxylic acids is 2. The second-order valence-electron chi connectivity index (χ2n) is 6.12. The fourth-order valence-corrected chi connectivity index (χ4v) is 2.62. The van der Waals surface area contributed by atoms with E-state index in [2.05, 4.69) is 10.6 Å². The van der Waals surface area contributed by atoms with E-state index in [-0.39, 0.29) is 29.9 Å². The van der Waals surface area contributed by atoms with Crippen molar-refractivity contribution in [3.63, 3.8) is 0 Å². The molecule has 5 heteroatoms. The first kappa shape index (κ1) is 15.0. The standard InChI is InChI=1S/C17H22N2O3/c1-11(18-17(21)15-3-2-10-22-15)12-6-8-14(9-7-12)19-16(20)13-4-5-13/h6-9,11,13,15H,2-5,10H2,1H3,(H,18,21)(H,19,20)/t11-,15-/m1/s1. The van der Waals surface area contributed by atoms with Crippen LogP contribution >= 0.6 is 0 Å². The molecule has 2 amide bonds. The molecule has 0 bridgehead atoms. The van der Waals surface area contributed by atoms with Crippen LogP contribution in [-0.4, -0.2) is 24.5 Å². The maximum absolute atomic E-state index is 12.0. The minimum Gasteiger partial charge on any atom is -0.368 e. The molecule has 0 radical (unpaired) electrons. The van der Waals surface area contributed by atoms with E-state index in [4.69, 9.17) is 4.74 Å². The van der Waals surface area contributed by atoms with Gasteiger partial charge in [0.1, 0.15) is 6.10 Å². The highest BCUT2D eigenvalue weighted by molar-refractivity contribution is 5.94. The summed E-state index contributed by atoms with van der Waals surface area (Å²) in [6.07, 6.45) is 3.43. The van der Waals surface area contributed by atoms with Crippen LogP contribution in [0.15, 0.2) is 24.3 Å². The third kappa shape index (κ3) is 3.65. The lowest BCUT2D eigenvalue weighted by molar-refractivity contribution is -0.130. The van der Waals surface area contributed by atoms with Crippen LogP contribution in [0.3, 0.4) is 0 Å². The Hall–Kier alpha value is -1.88. The molecule has 3 rings (SSSR count). The Bertz CT molecular complexity index is 546. The van der Waals surface area contributed by atoms with Gasteiger partial charge in [0.05, 0.1) is 6.04 Å². The van der Waals surface area contributed by atoms with Crippen LogP contribution in [0.2, 0.25) is 0 Å². The van der Waals surface area contributed by atoms with Crippen LogP contribution in [0.1, 0.15) is 44.2 Å². The van der Waals surface area contributed by atoms with Crippen molar-refractivity contribution in [3.05, 3.63) is 29.8 Å². The van der Waals surface area contributed by atoms with Crippen molar-refractivity contribution < 1.29 is 14.3 Å². The van der Waals surface area contributed by atoms with E-state index in [1.165, 1.54) is 0 Å². The maximum atomic E-state index is 12.0. The van der Waals surface area contributed by atoms with Gasteiger partial charge in [0.15, 0.2) is 0 Å². The number of hydrogen-bond donors (Lipinski definition) is 2. The van der Waals surface area contributed by atoms with Gasteiger partial charge in [-0.1, -0.05) is 12.1 Å². The number of rotatable bonds is 5. The van der Waals surface area contributed by atoms with Crippen molar-refractivity contribution in [1.82, 2.24) is 5.32 Å². The van der Waals surface area contributed by atoms with E-state index < -0.39 is 0 Å². The van der Waals surface area contributed by atoms with E-state index in [0.29, 0.717) is 6.61 Å². The maximum Gasteiger partial charge on any atom is 0.249 e. The molecule has 2 fully saturated rings. The number of anilines is 1. The van der Waals surface area contributed by atoms with Gasteiger partial charge in [-0.05, 0) is 50.3 Å². The summed E-state index contributed by atoms with van der Waals surface area (Å²) in [5.74, 6) is 0.257. The quantitative estimate of drug-likeness (QED) is 0.877. The lowest BCUT2D eigenvalue weighted by Gasteiger charge is -2.17. The molecule has 1 aromatic carbocycles. The Labute approximate surface area is 130 Å². The van der Waals surface area contributed by atoms with Crippen molar-refractivity contribution in [3.8, 4) is 0 Å². The van der Waals surface area contributed by atoms with Gasteiger partial charge < -0.3 is 15.4 Å². The van der Waals surface area contributed by atoms with E-state index in [9.17, 15) is 9.59 Å². The molecule has 1 heterocycles. The van der Waals surface area contributed by atoms with Crippen LogP contribution in [0.4, 0.5) is 5.69 Å². The molecule has 1 saturated heterocycles. The van der Waals surface area contributed by atoms with Gasteiger partial charge in [-0.3, -0.25) is 9.59 Å². The molecule has 2 atom stereocenters.